The van der Waals surface area contributed by atoms with E-state index in [0.29, 0.717) is 18.4 Å². The summed E-state index contributed by atoms with van der Waals surface area (Å²) in [5.41, 5.74) is 0. The fourth-order valence-corrected chi connectivity index (χ4v) is 3.04. The van der Waals surface area contributed by atoms with Crippen LogP contribution in [0.5, 0.6) is 0 Å². The van der Waals surface area contributed by atoms with Crippen LogP contribution in [0.15, 0.2) is 0 Å². The molecule has 2 saturated carbocycles. The van der Waals surface area contributed by atoms with Crippen molar-refractivity contribution in [2.75, 3.05) is 20.1 Å². The summed E-state index contributed by atoms with van der Waals surface area (Å²) < 4.78 is 0. The van der Waals surface area contributed by atoms with Gasteiger partial charge in [0.25, 0.3) is 0 Å². The maximum absolute atomic E-state index is 12.0. The van der Waals surface area contributed by atoms with Gasteiger partial charge in [-0.25, -0.2) is 4.79 Å². The fraction of sp³-hybridized carbons (Fsp3) is 0.933. The minimum Gasteiger partial charge on any atom is -0.391 e. The van der Waals surface area contributed by atoms with Gasteiger partial charge in [-0.15, -0.1) is 0 Å². The Morgan fingerprint density at radius 1 is 1.32 bits per heavy atom. The van der Waals surface area contributed by atoms with E-state index >= 15 is 0 Å². The van der Waals surface area contributed by atoms with Gasteiger partial charge < -0.3 is 15.3 Å². The standard InChI is InChI=1S/C15H28N2O2/c1-11-5-3-4-6-13(11)9-16-15(19)17(2)10-14(18)12-7-8-12/h11-14,18H,3-10H2,1-2H3,(H,16,19). The zero-order valence-electron chi connectivity index (χ0n) is 12.3. The molecule has 3 unspecified atom stereocenters. The summed E-state index contributed by atoms with van der Waals surface area (Å²) in [4.78, 5) is 13.6. The van der Waals surface area contributed by atoms with Crippen molar-refractivity contribution in [3.8, 4) is 0 Å². The predicted octanol–water partition coefficient (Wildman–Crippen LogP) is 2.22. The van der Waals surface area contributed by atoms with Crippen LogP contribution in [0.2, 0.25) is 0 Å². The summed E-state index contributed by atoms with van der Waals surface area (Å²) in [6, 6.07) is -0.0440. The number of amides is 2. The van der Waals surface area contributed by atoms with Crippen molar-refractivity contribution in [3.63, 3.8) is 0 Å². The van der Waals surface area contributed by atoms with Gasteiger partial charge in [0.2, 0.25) is 0 Å². The third-order valence-corrected chi connectivity index (χ3v) is 4.78. The smallest absolute Gasteiger partial charge is 0.317 e. The molecular formula is C15H28N2O2. The van der Waals surface area contributed by atoms with Crippen LogP contribution in [-0.4, -0.2) is 42.3 Å². The second-order valence-corrected chi connectivity index (χ2v) is 6.49. The third kappa shape index (κ3) is 4.37. The number of likely N-dealkylation sites (N-methyl/N-ethyl adjacent to an activating group) is 1. The van der Waals surface area contributed by atoms with E-state index in [-0.39, 0.29) is 12.1 Å². The zero-order chi connectivity index (χ0) is 13.8. The molecule has 0 heterocycles. The largest absolute Gasteiger partial charge is 0.391 e. The molecule has 0 aromatic rings. The lowest BCUT2D eigenvalue weighted by Gasteiger charge is -2.30. The van der Waals surface area contributed by atoms with E-state index in [2.05, 4.69) is 12.2 Å². The SMILES string of the molecule is CC1CCCCC1CNC(=O)N(C)CC(O)C1CC1. The van der Waals surface area contributed by atoms with Crippen LogP contribution in [-0.2, 0) is 0 Å². The summed E-state index contributed by atoms with van der Waals surface area (Å²) in [7, 11) is 1.77. The molecule has 19 heavy (non-hydrogen) atoms. The van der Waals surface area contributed by atoms with E-state index in [9.17, 15) is 9.90 Å². The van der Waals surface area contributed by atoms with Gasteiger partial charge in [-0.3, -0.25) is 0 Å². The molecule has 2 amide bonds. The number of nitrogens with zero attached hydrogens (tertiary/aromatic N) is 1. The number of aliphatic hydroxyl groups is 1. The van der Waals surface area contributed by atoms with E-state index in [1.54, 1.807) is 11.9 Å². The first-order chi connectivity index (χ1) is 9.08. The van der Waals surface area contributed by atoms with E-state index in [1.807, 2.05) is 0 Å². The van der Waals surface area contributed by atoms with Crippen molar-refractivity contribution in [2.45, 2.75) is 51.6 Å². The molecule has 4 nitrogen and oxygen atoms in total. The van der Waals surface area contributed by atoms with Crippen molar-refractivity contribution < 1.29 is 9.90 Å². The lowest BCUT2D eigenvalue weighted by molar-refractivity contribution is 0.112. The summed E-state index contributed by atoms with van der Waals surface area (Å²) in [5, 5.41) is 12.9. The maximum atomic E-state index is 12.0. The number of urea groups is 1. The highest BCUT2D eigenvalue weighted by Crippen LogP contribution is 2.32. The number of carbonyl (C=O) groups excluding carboxylic acids is 1. The number of aliphatic hydroxyl groups excluding tert-OH is 1. The average Bonchev–Trinajstić information content (AvgIpc) is 3.21. The fourth-order valence-electron chi connectivity index (χ4n) is 3.04. The number of rotatable bonds is 5. The van der Waals surface area contributed by atoms with Gasteiger partial charge >= 0.3 is 6.03 Å². The number of hydrogen-bond acceptors (Lipinski definition) is 2. The second-order valence-electron chi connectivity index (χ2n) is 6.49. The van der Waals surface area contributed by atoms with E-state index < -0.39 is 0 Å². The molecule has 0 saturated heterocycles. The Morgan fingerprint density at radius 2 is 2.00 bits per heavy atom. The average molecular weight is 268 g/mol. The Kier molecular flexibility index (Phi) is 5.08. The van der Waals surface area contributed by atoms with Gasteiger partial charge in [0.05, 0.1) is 6.10 Å². The minimum atomic E-state index is -0.343. The minimum absolute atomic E-state index is 0.0440. The molecule has 2 aliphatic carbocycles. The van der Waals surface area contributed by atoms with Crippen LogP contribution < -0.4 is 5.32 Å². The van der Waals surface area contributed by atoms with Crippen LogP contribution in [0, 0.1) is 17.8 Å². The normalized spacial score (nSPS) is 28.8. The van der Waals surface area contributed by atoms with Crippen LogP contribution in [0.4, 0.5) is 4.79 Å². The Hall–Kier alpha value is -0.770. The highest BCUT2D eigenvalue weighted by atomic mass is 16.3. The van der Waals surface area contributed by atoms with Gasteiger partial charge in [-0.2, -0.15) is 0 Å². The molecule has 0 aromatic carbocycles. The first-order valence-electron chi connectivity index (χ1n) is 7.75. The highest BCUT2D eigenvalue weighted by molar-refractivity contribution is 5.73. The van der Waals surface area contributed by atoms with Crippen molar-refractivity contribution in [2.24, 2.45) is 17.8 Å². The van der Waals surface area contributed by atoms with Gasteiger partial charge in [0.1, 0.15) is 0 Å². The molecule has 4 heteroatoms. The zero-order valence-corrected chi connectivity index (χ0v) is 12.3. The maximum Gasteiger partial charge on any atom is 0.317 e. The topological polar surface area (TPSA) is 52.6 Å². The summed E-state index contributed by atoms with van der Waals surface area (Å²) >= 11 is 0. The predicted molar refractivity (Wildman–Crippen MR) is 75.9 cm³/mol. The lowest BCUT2D eigenvalue weighted by Crippen LogP contribution is -2.44. The Morgan fingerprint density at radius 3 is 2.63 bits per heavy atom. The molecule has 0 aliphatic heterocycles. The summed E-state index contributed by atoms with van der Waals surface area (Å²) in [5.74, 6) is 1.77. The molecule has 0 aromatic heterocycles. The molecular weight excluding hydrogens is 240 g/mol. The molecule has 110 valence electrons. The summed E-state index contributed by atoms with van der Waals surface area (Å²) in [6.45, 7) is 3.52. The van der Waals surface area contributed by atoms with Gasteiger partial charge in [0.15, 0.2) is 0 Å². The van der Waals surface area contributed by atoms with Crippen molar-refractivity contribution in [1.82, 2.24) is 10.2 Å². The Balaban J connectivity index is 1.67. The van der Waals surface area contributed by atoms with Crippen molar-refractivity contribution in [3.05, 3.63) is 0 Å². The monoisotopic (exact) mass is 268 g/mol. The highest BCUT2D eigenvalue weighted by Gasteiger charge is 2.31. The molecule has 3 atom stereocenters. The van der Waals surface area contributed by atoms with Crippen LogP contribution in [0.25, 0.3) is 0 Å². The molecule has 2 rings (SSSR count). The molecule has 0 bridgehead atoms. The van der Waals surface area contributed by atoms with E-state index in [1.165, 1.54) is 25.7 Å². The molecule has 2 N–H and O–H groups in total. The van der Waals surface area contributed by atoms with Gasteiger partial charge in [0, 0.05) is 20.1 Å². The van der Waals surface area contributed by atoms with Crippen LogP contribution >= 0.6 is 0 Å². The molecule has 0 radical (unpaired) electrons. The Bertz CT molecular complexity index is 305. The van der Waals surface area contributed by atoms with Crippen molar-refractivity contribution >= 4 is 6.03 Å². The summed E-state index contributed by atoms with van der Waals surface area (Å²) in [6.07, 6.45) is 7.02. The molecule has 2 aliphatic rings. The van der Waals surface area contributed by atoms with E-state index in [0.717, 1.165) is 25.3 Å². The first kappa shape index (κ1) is 14.6. The molecule has 2 fully saturated rings. The molecule has 0 spiro atoms. The second kappa shape index (κ2) is 6.60. The van der Waals surface area contributed by atoms with Crippen LogP contribution in [0.1, 0.15) is 45.4 Å². The van der Waals surface area contributed by atoms with Gasteiger partial charge in [-0.05, 0) is 37.0 Å². The number of nitrogens with one attached hydrogen (secondary N) is 1. The Labute approximate surface area is 116 Å². The quantitative estimate of drug-likeness (QED) is 0.803. The van der Waals surface area contributed by atoms with Crippen molar-refractivity contribution in [1.29, 1.82) is 0 Å². The van der Waals surface area contributed by atoms with Gasteiger partial charge in [-0.1, -0.05) is 26.2 Å². The number of carbonyl (C=O) groups is 1. The first-order valence-corrected chi connectivity index (χ1v) is 7.75. The van der Waals surface area contributed by atoms with Crippen LogP contribution in [0.3, 0.4) is 0 Å². The lowest BCUT2D eigenvalue weighted by atomic mass is 9.80. The van der Waals surface area contributed by atoms with E-state index in [4.69, 9.17) is 0 Å². The third-order valence-electron chi connectivity index (χ3n) is 4.78. The number of hydrogen-bond donors (Lipinski definition) is 2.